The quantitative estimate of drug-likeness (QED) is 0.443. The summed E-state index contributed by atoms with van der Waals surface area (Å²) in [6, 6.07) is 1.69. The van der Waals surface area contributed by atoms with E-state index in [0.717, 1.165) is 25.3 Å². The van der Waals surface area contributed by atoms with Gasteiger partial charge in [0.15, 0.2) is 0 Å². The summed E-state index contributed by atoms with van der Waals surface area (Å²) in [4.78, 5) is 21.4. The second-order valence-electron chi connectivity index (χ2n) is 5.68. The molecule has 0 N–H and O–H groups in total. The number of alkyl halides is 3. The number of halogens is 3. The van der Waals surface area contributed by atoms with E-state index in [9.17, 15) is 32.3 Å². The van der Waals surface area contributed by atoms with E-state index in [1.165, 1.54) is 0 Å². The van der Waals surface area contributed by atoms with Gasteiger partial charge in [-0.3, -0.25) is 19.1 Å². The molecule has 2 rings (SSSR count). The molecular weight excluding hydrogens is 363 g/mol. The molecule has 1 saturated carbocycles. The summed E-state index contributed by atoms with van der Waals surface area (Å²) in [7, 11) is -2.17. The molecule has 0 aliphatic heterocycles. The first-order chi connectivity index (χ1) is 11.7. The van der Waals surface area contributed by atoms with Gasteiger partial charge in [0.2, 0.25) is 0 Å². The van der Waals surface area contributed by atoms with Crippen molar-refractivity contribution in [3.8, 4) is 0 Å². The standard InChI is InChI=1S/C15H16F3NO5S/c16-15(17,18)10-6-7-13(12(8-10)19(21)22)25(23)9-14(20)24-11-4-2-1-3-5-11/h6-8,11H,1-5,9H2/t25-/m0/s1. The van der Waals surface area contributed by atoms with E-state index >= 15 is 0 Å². The zero-order valence-electron chi connectivity index (χ0n) is 13.1. The number of ether oxygens (including phenoxy) is 1. The van der Waals surface area contributed by atoms with Crippen LogP contribution in [-0.2, 0) is 26.5 Å². The van der Waals surface area contributed by atoms with Crippen LogP contribution in [0.3, 0.4) is 0 Å². The molecule has 25 heavy (non-hydrogen) atoms. The second-order valence-corrected chi connectivity index (χ2v) is 7.10. The maximum absolute atomic E-state index is 12.7. The van der Waals surface area contributed by atoms with Gasteiger partial charge in [-0.2, -0.15) is 13.2 Å². The van der Waals surface area contributed by atoms with Gasteiger partial charge >= 0.3 is 12.1 Å². The molecular formula is C15H16F3NO5S. The minimum Gasteiger partial charge on any atom is -0.462 e. The van der Waals surface area contributed by atoms with Gasteiger partial charge < -0.3 is 4.74 Å². The van der Waals surface area contributed by atoms with Crippen LogP contribution in [0.5, 0.6) is 0 Å². The summed E-state index contributed by atoms with van der Waals surface area (Å²) in [6.07, 6.45) is -0.711. The molecule has 0 radical (unpaired) electrons. The van der Waals surface area contributed by atoms with E-state index in [1.54, 1.807) is 0 Å². The number of nitro groups is 1. The van der Waals surface area contributed by atoms with Crippen LogP contribution in [0.25, 0.3) is 0 Å². The van der Waals surface area contributed by atoms with Gasteiger partial charge in [0.25, 0.3) is 5.69 Å². The fraction of sp³-hybridized carbons (Fsp3) is 0.533. The molecule has 0 spiro atoms. The van der Waals surface area contributed by atoms with Crippen LogP contribution in [0.1, 0.15) is 37.7 Å². The van der Waals surface area contributed by atoms with Crippen molar-refractivity contribution in [2.75, 3.05) is 5.75 Å². The van der Waals surface area contributed by atoms with Gasteiger partial charge in [-0.15, -0.1) is 0 Å². The van der Waals surface area contributed by atoms with Crippen molar-refractivity contribution in [2.24, 2.45) is 0 Å². The number of carbonyl (C=O) groups is 1. The first kappa shape index (κ1) is 19.4. The SMILES string of the molecule is O=C(C[S@](=O)c1ccc(C(F)(F)F)cc1[N+](=O)[O-])OC1CCCCC1. The van der Waals surface area contributed by atoms with Crippen LogP contribution >= 0.6 is 0 Å². The molecule has 10 heteroatoms. The van der Waals surface area contributed by atoms with E-state index in [2.05, 4.69) is 0 Å². The molecule has 1 fully saturated rings. The number of carbonyl (C=O) groups excluding carboxylic acids is 1. The highest BCUT2D eigenvalue weighted by molar-refractivity contribution is 7.85. The van der Waals surface area contributed by atoms with Gasteiger partial charge in [0, 0.05) is 6.07 Å². The number of benzene rings is 1. The van der Waals surface area contributed by atoms with Crippen LogP contribution in [-0.4, -0.2) is 27.0 Å². The first-order valence-corrected chi connectivity index (χ1v) is 8.94. The molecule has 0 unspecified atom stereocenters. The third kappa shape index (κ3) is 5.25. The molecule has 1 aliphatic rings. The molecule has 0 saturated heterocycles. The Bertz CT molecular complexity index is 686. The molecule has 0 heterocycles. The summed E-state index contributed by atoms with van der Waals surface area (Å²) in [5.41, 5.74) is -2.15. The molecule has 1 aromatic carbocycles. The summed E-state index contributed by atoms with van der Waals surface area (Å²) in [6.45, 7) is 0. The Morgan fingerprint density at radius 1 is 1.28 bits per heavy atom. The van der Waals surface area contributed by atoms with Crippen LogP contribution in [0, 0.1) is 10.1 Å². The van der Waals surface area contributed by atoms with E-state index in [-0.39, 0.29) is 6.10 Å². The molecule has 138 valence electrons. The Morgan fingerprint density at radius 3 is 2.48 bits per heavy atom. The maximum Gasteiger partial charge on any atom is 0.416 e. The van der Waals surface area contributed by atoms with Crippen molar-refractivity contribution in [2.45, 2.75) is 49.3 Å². The van der Waals surface area contributed by atoms with Crippen LogP contribution in [0.15, 0.2) is 23.1 Å². The lowest BCUT2D eigenvalue weighted by Gasteiger charge is -2.21. The van der Waals surface area contributed by atoms with Gasteiger partial charge in [-0.1, -0.05) is 6.42 Å². The lowest BCUT2D eigenvalue weighted by molar-refractivity contribution is -0.388. The third-order valence-corrected chi connectivity index (χ3v) is 5.16. The molecule has 0 bridgehead atoms. The van der Waals surface area contributed by atoms with E-state index in [4.69, 9.17) is 4.74 Å². The van der Waals surface area contributed by atoms with Gasteiger partial charge in [0.1, 0.15) is 16.8 Å². The number of rotatable bonds is 5. The summed E-state index contributed by atoms with van der Waals surface area (Å²) in [5, 5.41) is 11.0. The number of nitro benzene ring substituents is 1. The van der Waals surface area contributed by atoms with Crippen molar-refractivity contribution in [1.29, 1.82) is 0 Å². The third-order valence-electron chi connectivity index (χ3n) is 3.83. The normalized spacial score (nSPS) is 17.1. The molecule has 1 aliphatic carbocycles. The average Bonchev–Trinajstić information content (AvgIpc) is 2.54. The summed E-state index contributed by atoms with van der Waals surface area (Å²) in [5.74, 6) is -1.41. The topological polar surface area (TPSA) is 86.5 Å². The summed E-state index contributed by atoms with van der Waals surface area (Å²) >= 11 is 0. The minimum atomic E-state index is -4.76. The van der Waals surface area contributed by atoms with Gasteiger partial charge in [0.05, 0.1) is 21.3 Å². The highest BCUT2D eigenvalue weighted by Gasteiger charge is 2.34. The maximum atomic E-state index is 12.7. The predicted octanol–water partition coefficient (Wildman–Crippen LogP) is 3.60. The number of esters is 1. The van der Waals surface area contributed by atoms with Crippen LogP contribution in [0.4, 0.5) is 18.9 Å². The monoisotopic (exact) mass is 379 g/mol. The first-order valence-electron chi connectivity index (χ1n) is 7.62. The van der Waals surface area contributed by atoms with Crippen molar-refractivity contribution >= 4 is 22.5 Å². The number of nitrogens with zero attached hydrogens (tertiary/aromatic N) is 1. The Balaban J connectivity index is 2.12. The van der Waals surface area contributed by atoms with Gasteiger partial charge in [-0.25, -0.2) is 0 Å². The Labute approximate surface area is 144 Å². The molecule has 1 aromatic rings. The molecule has 0 aromatic heterocycles. The van der Waals surface area contributed by atoms with Crippen molar-refractivity contribution < 1.29 is 31.8 Å². The fourth-order valence-corrected chi connectivity index (χ4v) is 3.64. The molecule has 6 nitrogen and oxygen atoms in total. The summed E-state index contributed by atoms with van der Waals surface area (Å²) < 4.78 is 55.4. The van der Waals surface area contributed by atoms with E-state index in [1.807, 2.05) is 0 Å². The lowest BCUT2D eigenvalue weighted by Crippen LogP contribution is -2.24. The smallest absolute Gasteiger partial charge is 0.416 e. The Morgan fingerprint density at radius 2 is 1.92 bits per heavy atom. The minimum absolute atomic E-state index is 0.263. The zero-order valence-corrected chi connectivity index (χ0v) is 13.9. The van der Waals surface area contributed by atoms with E-state index < -0.39 is 49.8 Å². The van der Waals surface area contributed by atoms with Crippen LogP contribution < -0.4 is 0 Å². The number of hydrogen-bond donors (Lipinski definition) is 0. The molecule has 1 atom stereocenters. The second kappa shape index (κ2) is 7.94. The van der Waals surface area contributed by atoms with Crippen LogP contribution in [0.2, 0.25) is 0 Å². The lowest BCUT2D eigenvalue weighted by atomic mass is 9.98. The van der Waals surface area contributed by atoms with Crippen molar-refractivity contribution in [1.82, 2.24) is 0 Å². The van der Waals surface area contributed by atoms with Crippen molar-refractivity contribution in [3.63, 3.8) is 0 Å². The van der Waals surface area contributed by atoms with Crippen molar-refractivity contribution in [3.05, 3.63) is 33.9 Å². The Hall–Kier alpha value is -1.97. The Kier molecular flexibility index (Phi) is 6.15. The largest absolute Gasteiger partial charge is 0.462 e. The predicted molar refractivity (Wildman–Crippen MR) is 82.3 cm³/mol. The zero-order chi connectivity index (χ0) is 18.6. The number of hydrogen-bond acceptors (Lipinski definition) is 5. The average molecular weight is 379 g/mol. The highest BCUT2D eigenvalue weighted by atomic mass is 32.2. The van der Waals surface area contributed by atoms with Gasteiger partial charge in [-0.05, 0) is 37.8 Å². The highest BCUT2D eigenvalue weighted by Crippen LogP contribution is 2.34. The fourth-order valence-electron chi connectivity index (χ4n) is 2.62. The van der Waals surface area contributed by atoms with E-state index in [0.29, 0.717) is 25.0 Å². The molecule has 0 amide bonds.